The molecule has 0 spiro atoms. The molecule has 5 rings (SSSR count). The van der Waals surface area contributed by atoms with E-state index >= 15 is 4.39 Å². The Morgan fingerprint density at radius 1 is 0.922 bits per heavy atom. The van der Waals surface area contributed by atoms with E-state index < -0.39 is 58.5 Å². The summed E-state index contributed by atoms with van der Waals surface area (Å²) in [7, 11) is 0. The van der Waals surface area contributed by atoms with Crippen LogP contribution < -0.4 is 4.31 Å². The molecule has 5 aromatic rings. The lowest BCUT2D eigenvalue weighted by Crippen LogP contribution is -2.36. The first-order valence-corrected chi connectivity index (χ1v) is 16.9. The van der Waals surface area contributed by atoms with E-state index in [-0.39, 0.29) is 17.9 Å². The molecule has 0 saturated carbocycles. The SMILES string of the molecule is Cc1nn(Cc2cc(F)cc(F)c2)c(C)c1-c1cn(C(=O)OC(C)(C)C)c2ncc(-c3ccc(F)c(N(CC(=O)OC(C)(C)C)S(=O)[O-])c3)cc12. The summed E-state index contributed by atoms with van der Waals surface area (Å²) < 4.78 is 81.8. The maximum absolute atomic E-state index is 15.2. The standard InChI is InChI=1S/C36H38F3N5O6S/c1-20-32(21(2)43(41-20)17-22-11-25(37)15-26(38)12-22)28-18-42(34(46)50-36(6,7)8)33-27(28)13-24(16-40-33)23-9-10-29(39)30(14-23)44(51(47)48)19-31(45)49-35(3,4)5/h9-16,18H,17,19H2,1-8H3,(H,47,48)/p-1. The molecule has 0 radical (unpaired) electrons. The topological polar surface area (TPSA) is 132 Å². The first-order chi connectivity index (χ1) is 23.7. The first-order valence-electron chi connectivity index (χ1n) is 15.8. The van der Waals surface area contributed by atoms with Crippen molar-refractivity contribution in [1.82, 2.24) is 19.3 Å². The third-order valence-corrected chi connectivity index (χ3v) is 8.25. The maximum atomic E-state index is 15.2. The van der Waals surface area contributed by atoms with Crippen LogP contribution in [0.3, 0.4) is 0 Å². The van der Waals surface area contributed by atoms with Gasteiger partial charge in [-0.25, -0.2) is 27.5 Å². The van der Waals surface area contributed by atoms with Gasteiger partial charge in [0.25, 0.3) is 0 Å². The van der Waals surface area contributed by atoms with E-state index in [2.05, 4.69) is 10.1 Å². The summed E-state index contributed by atoms with van der Waals surface area (Å²) in [5.41, 5.74) is 1.60. The predicted octanol–water partition coefficient (Wildman–Crippen LogP) is 7.37. The van der Waals surface area contributed by atoms with Crippen molar-refractivity contribution in [3.05, 3.63) is 89.3 Å². The summed E-state index contributed by atoms with van der Waals surface area (Å²) in [5.74, 6) is -3.20. The van der Waals surface area contributed by atoms with Crippen LogP contribution in [0.5, 0.6) is 0 Å². The highest BCUT2D eigenvalue weighted by Gasteiger charge is 2.26. The molecule has 0 bridgehead atoms. The Morgan fingerprint density at radius 2 is 1.57 bits per heavy atom. The highest BCUT2D eigenvalue weighted by Crippen LogP contribution is 2.37. The average Bonchev–Trinajstić information content (AvgIpc) is 3.49. The number of halogens is 3. The molecule has 0 aliphatic heterocycles. The Balaban J connectivity index is 1.64. The minimum atomic E-state index is -3.04. The number of nitrogens with zero attached hydrogens (tertiary/aromatic N) is 5. The highest BCUT2D eigenvalue weighted by atomic mass is 32.2. The molecule has 51 heavy (non-hydrogen) atoms. The van der Waals surface area contributed by atoms with Crippen LogP contribution in [0.4, 0.5) is 23.7 Å². The molecule has 0 fully saturated rings. The summed E-state index contributed by atoms with van der Waals surface area (Å²) in [5, 5.41) is 5.10. The number of hydrogen-bond donors (Lipinski definition) is 0. The molecule has 2 aromatic carbocycles. The van der Waals surface area contributed by atoms with Crippen molar-refractivity contribution in [3.63, 3.8) is 0 Å². The molecule has 1 atom stereocenters. The average molecular weight is 725 g/mol. The van der Waals surface area contributed by atoms with Gasteiger partial charge in [-0.2, -0.15) is 5.10 Å². The van der Waals surface area contributed by atoms with E-state index in [0.29, 0.717) is 48.9 Å². The van der Waals surface area contributed by atoms with Crippen LogP contribution in [0, 0.1) is 31.3 Å². The minimum absolute atomic E-state index is 0.0643. The molecule has 0 aliphatic carbocycles. The van der Waals surface area contributed by atoms with Crippen LogP contribution in [0.25, 0.3) is 33.3 Å². The Kier molecular flexibility index (Phi) is 10.2. The molecular formula is C36H37F3N5O6S-. The smallest absolute Gasteiger partial charge is 0.420 e. The molecule has 1 unspecified atom stereocenters. The number of rotatable bonds is 8. The van der Waals surface area contributed by atoms with Crippen molar-refractivity contribution in [3.8, 4) is 22.3 Å². The Bertz CT molecular complexity index is 2160. The van der Waals surface area contributed by atoms with Crippen LogP contribution >= 0.6 is 0 Å². The number of carbonyl (C=O) groups is 2. The number of aryl methyl sites for hydroxylation is 1. The lowest BCUT2D eigenvalue weighted by atomic mass is 10.0. The van der Waals surface area contributed by atoms with Crippen LogP contribution in [0.2, 0.25) is 0 Å². The van der Waals surface area contributed by atoms with Gasteiger partial charge in [-0.3, -0.25) is 18.0 Å². The summed E-state index contributed by atoms with van der Waals surface area (Å²) in [4.78, 5) is 30.5. The van der Waals surface area contributed by atoms with Crippen molar-refractivity contribution in [1.29, 1.82) is 0 Å². The van der Waals surface area contributed by atoms with Gasteiger partial charge in [0, 0.05) is 57.5 Å². The second-order valence-electron chi connectivity index (χ2n) is 14.0. The zero-order valence-electron chi connectivity index (χ0n) is 29.3. The summed E-state index contributed by atoms with van der Waals surface area (Å²) in [6.45, 7) is 12.9. The van der Waals surface area contributed by atoms with Gasteiger partial charge in [0.2, 0.25) is 0 Å². The quantitative estimate of drug-likeness (QED) is 0.120. The van der Waals surface area contributed by atoms with E-state index in [0.717, 1.165) is 12.1 Å². The highest BCUT2D eigenvalue weighted by molar-refractivity contribution is 7.80. The number of aromatic nitrogens is 4. The number of anilines is 1. The van der Waals surface area contributed by atoms with E-state index in [1.54, 1.807) is 72.3 Å². The fourth-order valence-corrected chi connectivity index (χ4v) is 6.13. The van der Waals surface area contributed by atoms with E-state index in [9.17, 15) is 27.1 Å². The van der Waals surface area contributed by atoms with E-state index in [1.165, 1.54) is 35.0 Å². The molecule has 3 heterocycles. The number of ether oxygens (including phenoxy) is 2. The van der Waals surface area contributed by atoms with Gasteiger partial charge < -0.3 is 14.0 Å². The third-order valence-electron chi connectivity index (χ3n) is 7.56. The van der Waals surface area contributed by atoms with Crippen LogP contribution in [-0.4, -0.2) is 57.9 Å². The number of fused-ring (bicyclic) bond motifs is 1. The fraction of sp³-hybridized carbons (Fsp3) is 0.333. The van der Waals surface area contributed by atoms with E-state index in [1.807, 2.05) is 0 Å². The normalized spacial score (nSPS) is 12.6. The number of pyridine rings is 1. The van der Waals surface area contributed by atoms with Crippen molar-refractivity contribution in [2.45, 2.75) is 73.1 Å². The van der Waals surface area contributed by atoms with Gasteiger partial charge in [0.1, 0.15) is 40.8 Å². The van der Waals surface area contributed by atoms with Gasteiger partial charge in [-0.05, 0) is 96.8 Å². The third kappa shape index (κ3) is 8.48. The number of carbonyl (C=O) groups excluding carboxylic acids is 2. The lowest BCUT2D eigenvalue weighted by molar-refractivity contribution is -0.152. The molecule has 0 aliphatic rings. The molecule has 270 valence electrons. The van der Waals surface area contributed by atoms with E-state index in [4.69, 9.17) is 9.47 Å². The largest absolute Gasteiger partial charge is 0.755 e. The van der Waals surface area contributed by atoms with Gasteiger partial charge in [0.05, 0.1) is 17.9 Å². The van der Waals surface area contributed by atoms with Crippen LogP contribution in [0.1, 0.15) is 58.5 Å². The zero-order chi connectivity index (χ0) is 37.6. The van der Waals surface area contributed by atoms with Crippen LogP contribution in [0.15, 0.2) is 54.9 Å². The Hall–Kier alpha value is -5.02. The molecule has 11 nitrogen and oxygen atoms in total. The predicted molar refractivity (Wildman–Crippen MR) is 185 cm³/mol. The Labute approximate surface area is 295 Å². The minimum Gasteiger partial charge on any atom is -0.755 e. The zero-order valence-corrected chi connectivity index (χ0v) is 30.2. The summed E-state index contributed by atoms with van der Waals surface area (Å²) >= 11 is -3.04. The molecule has 0 amide bonds. The summed E-state index contributed by atoms with van der Waals surface area (Å²) in [6.07, 6.45) is 2.31. The monoisotopic (exact) mass is 724 g/mol. The molecule has 0 N–H and O–H groups in total. The van der Waals surface area contributed by atoms with Gasteiger partial charge >= 0.3 is 12.1 Å². The number of hydrogen-bond acceptors (Lipinski definition) is 8. The summed E-state index contributed by atoms with van der Waals surface area (Å²) in [6, 6.07) is 8.71. The second-order valence-corrected chi connectivity index (χ2v) is 14.9. The number of esters is 1. The molecule has 0 saturated heterocycles. The first kappa shape index (κ1) is 37.2. The van der Waals surface area contributed by atoms with Crippen LogP contribution in [-0.2, 0) is 32.1 Å². The van der Waals surface area contributed by atoms with Gasteiger partial charge in [-0.15, -0.1) is 0 Å². The van der Waals surface area contributed by atoms with Crippen molar-refractivity contribution in [2.75, 3.05) is 10.8 Å². The Morgan fingerprint density at radius 3 is 2.18 bits per heavy atom. The van der Waals surface area contributed by atoms with Crippen molar-refractivity contribution in [2.24, 2.45) is 0 Å². The van der Waals surface area contributed by atoms with Crippen molar-refractivity contribution < 1.29 is 41.0 Å². The van der Waals surface area contributed by atoms with Gasteiger partial charge in [0.15, 0.2) is 0 Å². The molecule has 3 aromatic heterocycles. The fourth-order valence-electron chi connectivity index (χ4n) is 5.62. The number of benzene rings is 2. The lowest BCUT2D eigenvalue weighted by Gasteiger charge is -2.28. The van der Waals surface area contributed by atoms with Gasteiger partial charge in [-0.1, -0.05) is 6.07 Å². The molecule has 15 heteroatoms. The molecular weight excluding hydrogens is 687 g/mol. The maximum Gasteiger partial charge on any atom is 0.420 e. The van der Waals surface area contributed by atoms with Crippen molar-refractivity contribution >= 4 is 40.0 Å². The second kappa shape index (κ2) is 13.9.